The van der Waals surface area contributed by atoms with Crippen LogP contribution in [-0.2, 0) is 11.2 Å². The molecular weight excluding hydrogens is 268 g/mol. The molecule has 1 heterocycles. The van der Waals surface area contributed by atoms with Gasteiger partial charge in [-0.05, 0) is 49.4 Å². The highest BCUT2D eigenvalue weighted by Gasteiger charge is 2.44. The van der Waals surface area contributed by atoms with Gasteiger partial charge in [0.1, 0.15) is 0 Å². The van der Waals surface area contributed by atoms with Gasteiger partial charge in [0.25, 0.3) is 5.91 Å². The first kappa shape index (κ1) is 13.9. The summed E-state index contributed by atoms with van der Waals surface area (Å²) < 4.78 is 0. The fourth-order valence-electron chi connectivity index (χ4n) is 3.04. The standard InChI is InChI=1S/C16H20N2O3/c19-14(18-10-16(15(20)21)6-2-7-16)12-4-5-13-11(9-12)3-1-8-17-13/h4-5,9,17H,1-3,6-8,10H2,(H,18,19)(H,20,21). The minimum absolute atomic E-state index is 0.184. The molecule has 2 aliphatic rings. The van der Waals surface area contributed by atoms with Crippen LogP contribution in [0.15, 0.2) is 18.2 Å². The summed E-state index contributed by atoms with van der Waals surface area (Å²) in [4.78, 5) is 23.5. The van der Waals surface area contributed by atoms with E-state index in [0.29, 0.717) is 18.4 Å². The zero-order valence-electron chi connectivity index (χ0n) is 11.9. The van der Waals surface area contributed by atoms with Crippen molar-refractivity contribution >= 4 is 17.6 Å². The van der Waals surface area contributed by atoms with Gasteiger partial charge in [0.05, 0.1) is 5.41 Å². The quantitative estimate of drug-likeness (QED) is 0.792. The molecule has 1 aliphatic carbocycles. The molecule has 5 heteroatoms. The van der Waals surface area contributed by atoms with E-state index in [1.54, 1.807) is 6.07 Å². The number of rotatable bonds is 4. The van der Waals surface area contributed by atoms with Gasteiger partial charge < -0.3 is 15.7 Å². The fraction of sp³-hybridized carbons (Fsp3) is 0.500. The second-order valence-corrected chi connectivity index (χ2v) is 6.02. The van der Waals surface area contributed by atoms with Crippen molar-refractivity contribution in [3.63, 3.8) is 0 Å². The summed E-state index contributed by atoms with van der Waals surface area (Å²) in [5.41, 5.74) is 2.12. The fourth-order valence-corrected chi connectivity index (χ4v) is 3.04. The highest BCUT2D eigenvalue weighted by Crippen LogP contribution is 2.40. The predicted octanol–water partition coefficient (Wildman–Crippen LogP) is 2.03. The summed E-state index contributed by atoms with van der Waals surface area (Å²) in [6.07, 6.45) is 4.27. The highest BCUT2D eigenvalue weighted by atomic mass is 16.4. The number of fused-ring (bicyclic) bond motifs is 1. The zero-order valence-corrected chi connectivity index (χ0v) is 11.9. The molecule has 0 saturated heterocycles. The van der Waals surface area contributed by atoms with Crippen LogP contribution in [0.2, 0.25) is 0 Å². The molecule has 3 N–H and O–H groups in total. The second kappa shape index (κ2) is 5.39. The molecule has 112 valence electrons. The molecule has 1 saturated carbocycles. The average Bonchev–Trinajstić information content (AvgIpc) is 2.45. The van der Waals surface area contributed by atoms with Gasteiger partial charge in [0.2, 0.25) is 0 Å². The first-order valence-electron chi connectivity index (χ1n) is 7.49. The van der Waals surface area contributed by atoms with Crippen molar-refractivity contribution < 1.29 is 14.7 Å². The van der Waals surface area contributed by atoms with E-state index in [9.17, 15) is 14.7 Å². The summed E-state index contributed by atoms with van der Waals surface area (Å²) in [6, 6.07) is 5.63. The number of hydrogen-bond acceptors (Lipinski definition) is 3. The van der Waals surface area contributed by atoms with Crippen LogP contribution >= 0.6 is 0 Å². The zero-order chi connectivity index (χ0) is 14.9. The Bertz CT molecular complexity index is 579. The van der Waals surface area contributed by atoms with Crippen molar-refractivity contribution in [1.29, 1.82) is 0 Å². The molecule has 0 atom stereocenters. The van der Waals surface area contributed by atoms with Crippen LogP contribution in [0.5, 0.6) is 0 Å². The Hall–Kier alpha value is -2.04. The number of carboxylic acids is 1. The molecule has 0 unspecified atom stereocenters. The van der Waals surface area contributed by atoms with Crippen molar-refractivity contribution in [1.82, 2.24) is 5.32 Å². The molecule has 1 aromatic carbocycles. The van der Waals surface area contributed by atoms with E-state index in [1.165, 1.54) is 0 Å². The van der Waals surface area contributed by atoms with Crippen molar-refractivity contribution in [3.05, 3.63) is 29.3 Å². The lowest BCUT2D eigenvalue weighted by molar-refractivity contribution is -0.153. The number of aliphatic carboxylic acids is 1. The van der Waals surface area contributed by atoms with E-state index in [4.69, 9.17) is 0 Å². The summed E-state index contributed by atoms with van der Waals surface area (Å²) in [6.45, 7) is 1.19. The molecule has 0 spiro atoms. The van der Waals surface area contributed by atoms with Gasteiger partial charge in [-0.25, -0.2) is 0 Å². The van der Waals surface area contributed by atoms with Crippen LogP contribution in [0.25, 0.3) is 0 Å². The monoisotopic (exact) mass is 288 g/mol. The number of carbonyl (C=O) groups is 2. The third kappa shape index (κ3) is 2.60. The van der Waals surface area contributed by atoms with Crippen LogP contribution < -0.4 is 10.6 Å². The molecule has 21 heavy (non-hydrogen) atoms. The summed E-state index contributed by atoms with van der Waals surface area (Å²) in [5, 5.41) is 15.4. The van der Waals surface area contributed by atoms with Crippen molar-refractivity contribution in [2.45, 2.75) is 32.1 Å². The Morgan fingerprint density at radius 1 is 1.29 bits per heavy atom. The number of carbonyl (C=O) groups excluding carboxylic acids is 1. The number of nitrogens with one attached hydrogen (secondary N) is 2. The summed E-state index contributed by atoms with van der Waals surface area (Å²) >= 11 is 0. The molecule has 3 rings (SSSR count). The number of benzene rings is 1. The van der Waals surface area contributed by atoms with Gasteiger partial charge in [-0.2, -0.15) is 0 Å². The van der Waals surface area contributed by atoms with Gasteiger partial charge >= 0.3 is 5.97 Å². The van der Waals surface area contributed by atoms with E-state index >= 15 is 0 Å². The SMILES string of the molecule is O=C(NCC1(C(=O)O)CCC1)c1ccc2c(c1)CCCN2. The van der Waals surface area contributed by atoms with E-state index in [0.717, 1.165) is 37.1 Å². The lowest BCUT2D eigenvalue weighted by Gasteiger charge is -2.37. The first-order valence-corrected chi connectivity index (χ1v) is 7.49. The maximum Gasteiger partial charge on any atom is 0.311 e. The Balaban J connectivity index is 1.67. The number of aryl methyl sites for hydroxylation is 1. The summed E-state index contributed by atoms with van der Waals surface area (Å²) in [5.74, 6) is -0.986. The second-order valence-electron chi connectivity index (χ2n) is 6.02. The molecule has 0 bridgehead atoms. The number of amides is 1. The summed E-state index contributed by atoms with van der Waals surface area (Å²) in [7, 11) is 0. The molecule has 1 fully saturated rings. The number of carboxylic acid groups (broad SMARTS) is 1. The minimum atomic E-state index is -0.802. The lowest BCUT2D eigenvalue weighted by Crippen LogP contribution is -2.47. The highest BCUT2D eigenvalue weighted by molar-refractivity contribution is 5.95. The molecular formula is C16H20N2O3. The Labute approximate surface area is 123 Å². The molecule has 0 aromatic heterocycles. The van der Waals surface area contributed by atoms with Crippen LogP contribution in [0.1, 0.15) is 41.6 Å². The molecule has 0 radical (unpaired) electrons. The van der Waals surface area contributed by atoms with Crippen LogP contribution in [0.4, 0.5) is 5.69 Å². The van der Waals surface area contributed by atoms with Crippen molar-refractivity contribution in [2.75, 3.05) is 18.4 Å². The van der Waals surface area contributed by atoms with Crippen molar-refractivity contribution in [3.8, 4) is 0 Å². The van der Waals surface area contributed by atoms with E-state index in [-0.39, 0.29) is 12.5 Å². The molecule has 1 aromatic rings. The average molecular weight is 288 g/mol. The maximum atomic E-state index is 12.2. The van der Waals surface area contributed by atoms with Gasteiger partial charge in [-0.15, -0.1) is 0 Å². The topological polar surface area (TPSA) is 78.4 Å². The number of anilines is 1. The van der Waals surface area contributed by atoms with Gasteiger partial charge in [0, 0.05) is 24.3 Å². The third-order valence-corrected chi connectivity index (χ3v) is 4.66. The molecule has 1 amide bonds. The van der Waals surface area contributed by atoms with E-state index in [1.807, 2.05) is 12.1 Å². The Morgan fingerprint density at radius 2 is 2.10 bits per heavy atom. The minimum Gasteiger partial charge on any atom is -0.481 e. The van der Waals surface area contributed by atoms with E-state index in [2.05, 4.69) is 10.6 Å². The van der Waals surface area contributed by atoms with Gasteiger partial charge in [-0.3, -0.25) is 9.59 Å². The van der Waals surface area contributed by atoms with Crippen molar-refractivity contribution in [2.24, 2.45) is 5.41 Å². The molecule has 5 nitrogen and oxygen atoms in total. The number of hydrogen-bond donors (Lipinski definition) is 3. The first-order chi connectivity index (χ1) is 10.1. The Kier molecular flexibility index (Phi) is 3.57. The normalized spacial score (nSPS) is 18.9. The molecule has 1 aliphatic heterocycles. The van der Waals surface area contributed by atoms with E-state index < -0.39 is 11.4 Å². The largest absolute Gasteiger partial charge is 0.481 e. The van der Waals surface area contributed by atoms with Crippen LogP contribution in [-0.4, -0.2) is 30.1 Å². The smallest absolute Gasteiger partial charge is 0.311 e. The van der Waals surface area contributed by atoms with Crippen LogP contribution in [0.3, 0.4) is 0 Å². The maximum absolute atomic E-state index is 12.2. The predicted molar refractivity (Wildman–Crippen MR) is 79.5 cm³/mol. The van der Waals surface area contributed by atoms with Crippen LogP contribution in [0, 0.1) is 5.41 Å². The Morgan fingerprint density at radius 3 is 2.76 bits per heavy atom. The lowest BCUT2D eigenvalue weighted by atomic mass is 9.69. The van der Waals surface area contributed by atoms with Gasteiger partial charge in [0.15, 0.2) is 0 Å². The van der Waals surface area contributed by atoms with Gasteiger partial charge in [-0.1, -0.05) is 6.42 Å². The third-order valence-electron chi connectivity index (χ3n) is 4.66.